The Morgan fingerprint density at radius 1 is 1.30 bits per heavy atom. The number of fused-ring (bicyclic) bond motifs is 1. The van der Waals surface area contributed by atoms with E-state index in [4.69, 9.17) is 5.11 Å². The maximum atomic E-state index is 14.9. The molecule has 1 aromatic heterocycles. The van der Waals surface area contributed by atoms with Gasteiger partial charge in [-0.1, -0.05) is 30.3 Å². The van der Waals surface area contributed by atoms with Gasteiger partial charge in [-0.05, 0) is 43.0 Å². The summed E-state index contributed by atoms with van der Waals surface area (Å²) in [6.45, 7) is -0.289. The Kier molecular flexibility index (Phi) is 5.65. The van der Waals surface area contributed by atoms with E-state index in [9.17, 15) is 17.9 Å². The van der Waals surface area contributed by atoms with Gasteiger partial charge in [0, 0.05) is 28.1 Å². The van der Waals surface area contributed by atoms with E-state index in [1.807, 2.05) is 6.07 Å². The van der Waals surface area contributed by atoms with Crippen molar-refractivity contribution < 1.29 is 23.1 Å². The van der Waals surface area contributed by atoms with E-state index in [2.05, 4.69) is 5.10 Å². The van der Waals surface area contributed by atoms with Crippen molar-refractivity contribution in [3.8, 4) is 11.1 Å². The number of nitrogens with zero attached hydrogens (tertiary/aromatic N) is 3. The van der Waals surface area contributed by atoms with E-state index in [-0.39, 0.29) is 12.2 Å². The quantitative estimate of drug-likeness (QED) is 0.607. The van der Waals surface area contributed by atoms with Crippen LogP contribution in [0.25, 0.3) is 11.1 Å². The Balaban J connectivity index is 1.71. The second-order valence-electron chi connectivity index (χ2n) is 7.08. The Bertz CT molecular complexity index is 1100. The lowest BCUT2D eigenvalue weighted by Crippen LogP contribution is -2.33. The number of halogens is 1. The van der Waals surface area contributed by atoms with E-state index in [0.29, 0.717) is 41.6 Å². The van der Waals surface area contributed by atoms with Crippen LogP contribution in [0.15, 0.2) is 54.7 Å². The van der Waals surface area contributed by atoms with Gasteiger partial charge in [-0.25, -0.2) is 4.39 Å². The molecule has 1 heterocycles. The van der Waals surface area contributed by atoms with Crippen molar-refractivity contribution in [2.45, 2.75) is 31.8 Å². The average Bonchev–Trinajstić information content (AvgIpc) is 3.12. The van der Waals surface area contributed by atoms with Crippen LogP contribution >= 0.6 is 0 Å². The monoisotopic (exact) mass is 428 g/mol. The van der Waals surface area contributed by atoms with Crippen molar-refractivity contribution in [3.63, 3.8) is 0 Å². The van der Waals surface area contributed by atoms with E-state index in [1.54, 1.807) is 36.4 Å². The molecule has 1 aliphatic rings. The molecular formula is C21H19FN3O4S-. The minimum Gasteiger partial charge on any atom is -0.755 e. The van der Waals surface area contributed by atoms with Crippen molar-refractivity contribution in [2.75, 3.05) is 4.31 Å². The second kappa shape index (κ2) is 8.37. The molecule has 1 N–H and O–H groups in total. The van der Waals surface area contributed by atoms with Crippen LogP contribution in [0.4, 0.5) is 10.1 Å². The van der Waals surface area contributed by atoms with Crippen LogP contribution in [0.5, 0.6) is 0 Å². The zero-order valence-electron chi connectivity index (χ0n) is 15.9. The molecule has 7 nitrogen and oxygen atoms in total. The summed E-state index contributed by atoms with van der Waals surface area (Å²) < 4.78 is 41.7. The number of benzene rings is 2. The third-order valence-electron chi connectivity index (χ3n) is 5.25. The van der Waals surface area contributed by atoms with Crippen LogP contribution in [0.2, 0.25) is 0 Å². The van der Waals surface area contributed by atoms with Crippen molar-refractivity contribution in [1.29, 1.82) is 0 Å². The lowest BCUT2D eigenvalue weighted by Gasteiger charge is -2.37. The summed E-state index contributed by atoms with van der Waals surface area (Å²) in [6, 6.07) is 12.8. The lowest BCUT2D eigenvalue weighted by molar-refractivity contribution is -0.137. The summed E-state index contributed by atoms with van der Waals surface area (Å²) in [5, 5.41) is 13.2. The maximum Gasteiger partial charge on any atom is 0.325 e. The fraction of sp³-hybridized carbons (Fsp3) is 0.238. The van der Waals surface area contributed by atoms with Crippen LogP contribution < -0.4 is 4.31 Å². The SMILES string of the molecule is O=C(O)Cn1ncc2c1CCCC2N(c1ccc(-c2ccccc2)c(F)c1)S(=O)[O-]. The number of hydrogen-bond donors (Lipinski definition) is 1. The zero-order chi connectivity index (χ0) is 21.3. The fourth-order valence-corrected chi connectivity index (χ4v) is 4.68. The highest BCUT2D eigenvalue weighted by Gasteiger charge is 2.31. The van der Waals surface area contributed by atoms with Gasteiger partial charge in [0.2, 0.25) is 0 Å². The first-order chi connectivity index (χ1) is 14.5. The van der Waals surface area contributed by atoms with Crippen LogP contribution in [-0.4, -0.2) is 29.6 Å². The minimum atomic E-state index is -2.66. The third kappa shape index (κ3) is 3.86. The van der Waals surface area contributed by atoms with Gasteiger partial charge in [-0.15, -0.1) is 0 Å². The number of aromatic nitrogens is 2. The van der Waals surface area contributed by atoms with Crippen molar-refractivity contribution in [3.05, 3.63) is 71.8 Å². The first-order valence-electron chi connectivity index (χ1n) is 9.45. The van der Waals surface area contributed by atoms with Crippen LogP contribution in [0.1, 0.15) is 30.1 Å². The van der Waals surface area contributed by atoms with Gasteiger partial charge in [-0.3, -0.25) is 18.0 Å². The number of carbonyl (C=O) groups is 1. The van der Waals surface area contributed by atoms with E-state index < -0.39 is 29.1 Å². The largest absolute Gasteiger partial charge is 0.755 e. The topological polar surface area (TPSA) is 98.5 Å². The molecule has 0 saturated heterocycles. The van der Waals surface area contributed by atoms with Crippen LogP contribution in [0.3, 0.4) is 0 Å². The fourth-order valence-electron chi connectivity index (χ4n) is 3.97. The molecule has 0 saturated carbocycles. The highest BCUT2D eigenvalue weighted by molar-refractivity contribution is 7.80. The van der Waals surface area contributed by atoms with E-state index >= 15 is 0 Å². The number of carboxylic acid groups (broad SMARTS) is 1. The van der Waals surface area contributed by atoms with E-state index in [0.717, 1.165) is 4.31 Å². The summed E-state index contributed by atoms with van der Waals surface area (Å²) in [5.74, 6) is -1.54. The molecular weight excluding hydrogens is 409 g/mol. The van der Waals surface area contributed by atoms with Crippen LogP contribution in [-0.2, 0) is 29.0 Å². The highest BCUT2D eigenvalue weighted by Crippen LogP contribution is 2.39. The van der Waals surface area contributed by atoms with Crippen molar-refractivity contribution >= 4 is 22.9 Å². The minimum absolute atomic E-state index is 0.212. The summed E-state index contributed by atoms with van der Waals surface area (Å²) in [7, 11) is 0. The van der Waals surface area contributed by atoms with Crippen molar-refractivity contribution in [2.24, 2.45) is 0 Å². The molecule has 2 aromatic carbocycles. The predicted octanol–water partition coefficient (Wildman–Crippen LogP) is 3.45. The van der Waals surface area contributed by atoms with E-state index in [1.165, 1.54) is 16.9 Å². The van der Waals surface area contributed by atoms with Gasteiger partial charge < -0.3 is 9.66 Å². The Morgan fingerprint density at radius 3 is 2.73 bits per heavy atom. The highest BCUT2D eigenvalue weighted by atomic mass is 32.2. The van der Waals surface area contributed by atoms with Gasteiger partial charge >= 0.3 is 5.97 Å². The Hall–Kier alpha value is -3.04. The molecule has 0 bridgehead atoms. The van der Waals surface area contributed by atoms with Gasteiger partial charge in [0.25, 0.3) is 0 Å². The number of rotatable bonds is 6. The van der Waals surface area contributed by atoms with Gasteiger partial charge in [-0.2, -0.15) is 5.10 Å². The first-order valence-corrected chi connectivity index (χ1v) is 10.5. The summed E-state index contributed by atoms with van der Waals surface area (Å²) in [4.78, 5) is 11.1. The second-order valence-corrected chi connectivity index (χ2v) is 7.91. The smallest absolute Gasteiger partial charge is 0.325 e. The Morgan fingerprint density at radius 2 is 2.07 bits per heavy atom. The molecule has 2 atom stereocenters. The molecule has 0 aliphatic heterocycles. The molecule has 156 valence electrons. The average molecular weight is 428 g/mol. The maximum absolute atomic E-state index is 14.9. The normalized spacial score (nSPS) is 16.7. The molecule has 4 rings (SSSR count). The number of hydrogen-bond acceptors (Lipinski definition) is 4. The molecule has 30 heavy (non-hydrogen) atoms. The molecule has 9 heteroatoms. The molecule has 0 spiro atoms. The van der Waals surface area contributed by atoms with Crippen LogP contribution in [0, 0.1) is 5.82 Å². The number of aliphatic carboxylic acids is 1. The molecule has 0 amide bonds. The molecule has 3 aromatic rings. The summed E-state index contributed by atoms with van der Waals surface area (Å²) in [5.41, 5.74) is 2.65. The van der Waals surface area contributed by atoms with Crippen molar-refractivity contribution in [1.82, 2.24) is 9.78 Å². The van der Waals surface area contributed by atoms with Gasteiger partial charge in [0.05, 0.1) is 17.9 Å². The number of anilines is 1. The standard InChI is InChI=1S/C21H20FN3O4S/c22-18-11-15(9-10-16(18)14-5-2-1-3-6-14)25(30(28)29)20-8-4-7-19-17(20)12-23-24(19)13-21(26)27/h1-3,5-6,9-12,20H,4,7-8,13H2,(H,26,27)(H,28,29)/p-1. The predicted molar refractivity (Wildman–Crippen MR) is 109 cm³/mol. The summed E-state index contributed by atoms with van der Waals surface area (Å²) in [6.07, 6.45) is 3.32. The first kappa shape index (κ1) is 20.2. The molecule has 0 fully saturated rings. The summed E-state index contributed by atoms with van der Waals surface area (Å²) >= 11 is -2.66. The molecule has 1 aliphatic carbocycles. The zero-order valence-corrected chi connectivity index (χ0v) is 16.7. The number of carboxylic acids is 1. The third-order valence-corrected chi connectivity index (χ3v) is 6.04. The molecule has 2 unspecified atom stereocenters. The Labute approximate surface area is 175 Å². The van der Waals surface area contributed by atoms with Gasteiger partial charge in [0.1, 0.15) is 12.4 Å². The lowest BCUT2D eigenvalue weighted by atomic mass is 9.92. The van der Waals surface area contributed by atoms with Gasteiger partial charge in [0.15, 0.2) is 0 Å². The molecule has 0 radical (unpaired) electrons.